The van der Waals surface area contributed by atoms with Crippen LogP contribution in [0.2, 0.25) is 0 Å². The van der Waals surface area contributed by atoms with Crippen molar-refractivity contribution in [3.8, 4) is 11.5 Å². The van der Waals surface area contributed by atoms with Crippen molar-refractivity contribution in [1.82, 2.24) is 0 Å². The van der Waals surface area contributed by atoms with E-state index in [1.165, 1.54) is 7.11 Å². The summed E-state index contributed by atoms with van der Waals surface area (Å²) in [5, 5.41) is 21.6. The smallest absolute Gasteiger partial charge is 0.412 e. The minimum atomic E-state index is -0.687. The maximum atomic E-state index is 11.8. The lowest BCUT2D eigenvalue weighted by atomic mass is 10.1. The maximum Gasteiger partial charge on any atom is 0.412 e. The van der Waals surface area contributed by atoms with Crippen molar-refractivity contribution in [2.24, 2.45) is 5.73 Å². The number of carbonyl (C=O) groups excluding carboxylic acids is 1. The molecule has 0 saturated heterocycles. The number of nitrogens with one attached hydrogen (secondary N) is 1. The molecule has 0 heterocycles. The number of carbonyl (C=O) groups is 1. The fourth-order valence-electron chi connectivity index (χ4n) is 1.81. The quantitative estimate of drug-likeness (QED) is 0.614. The van der Waals surface area contributed by atoms with Gasteiger partial charge in [-0.1, -0.05) is 0 Å². The zero-order valence-corrected chi connectivity index (χ0v) is 13.3. The summed E-state index contributed by atoms with van der Waals surface area (Å²) in [4.78, 5) is 11.8. The van der Waals surface area contributed by atoms with Crippen molar-refractivity contribution in [2.45, 2.75) is 38.8 Å². The molecular weight excluding hydrogens is 288 g/mol. The number of hydrogen-bond acceptors (Lipinski definition) is 6. The number of aromatic hydroxyl groups is 1. The Labute approximate surface area is 130 Å². The molecule has 1 atom stereocenters. The van der Waals surface area contributed by atoms with Crippen molar-refractivity contribution in [3.63, 3.8) is 0 Å². The van der Waals surface area contributed by atoms with E-state index >= 15 is 0 Å². The number of nitrogens with two attached hydrogens (primary N) is 1. The van der Waals surface area contributed by atoms with Crippen LogP contribution in [0.4, 0.5) is 10.5 Å². The van der Waals surface area contributed by atoms with Crippen LogP contribution >= 0.6 is 0 Å². The average molecular weight is 312 g/mol. The van der Waals surface area contributed by atoms with Crippen LogP contribution in [-0.2, 0) is 11.2 Å². The second kappa shape index (κ2) is 7.33. The van der Waals surface area contributed by atoms with Gasteiger partial charge in [0.15, 0.2) is 11.5 Å². The van der Waals surface area contributed by atoms with Gasteiger partial charge in [-0.2, -0.15) is 0 Å². The summed E-state index contributed by atoms with van der Waals surface area (Å²) >= 11 is 0. The first-order valence-corrected chi connectivity index (χ1v) is 6.92. The van der Waals surface area contributed by atoms with Gasteiger partial charge in [-0.15, -0.1) is 0 Å². The number of phenols is 1. The highest BCUT2D eigenvalue weighted by Gasteiger charge is 2.19. The van der Waals surface area contributed by atoms with E-state index in [-0.39, 0.29) is 23.8 Å². The number of hydrogen-bond donors (Lipinski definition) is 4. The Morgan fingerprint density at radius 2 is 2.05 bits per heavy atom. The molecule has 1 unspecified atom stereocenters. The summed E-state index contributed by atoms with van der Waals surface area (Å²) in [5.74, 6) is 0.00313. The molecule has 22 heavy (non-hydrogen) atoms. The Balaban J connectivity index is 3.01. The maximum absolute atomic E-state index is 11.8. The van der Waals surface area contributed by atoms with E-state index in [1.807, 2.05) is 0 Å². The molecule has 0 bridgehead atoms. The minimum Gasteiger partial charge on any atom is -0.503 e. The lowest BCUT2D eigenvalue weighted by Crippen LogP contribution is -2.28. The van der Waals surface area contributed by atoms with Crippen LogP contribution in [0.5, 0.6) is 11.5 Å². The molecule has 1 aromatic carbocycles. The number of amides is 1. The van der Waals surface area contributed by atoms with Crippen molar-refractivity contribution in [2.75, 3.05) is 19.0 Å². The van der Waals surface area contributed by atoms with Gasteiger partial charge < -0.3 is 25.4 Å². The number of benzene rings is 1. The summed E-state index contributed by atoms with van der Waals surface area (Å²) in [7, 11) is 1.40. The molecule has 0 fully saturated rings. The number of ether oxygens (including phenoxy) is 2. The van der Waals surface area contributed by atoms with Gasteiger partial charge in [0.2, 0.25) is 0 Å². The summed E-state index contributed by atoms with van der Waals surface area (Å²) in [6, 6.07) is 2.73. The Hall–Kier alpha value is -1.99. The van der Waals surface area contributed by atoms with Gasteiger partial charge in [0.25, 0.3) is 0 Å². The standard InChI is InChI=1S/C15H24N2O5/c1-15(2,3)22-14(20)17-11-6-9(5-10(16)8-18)7-12(21-4)13(11)19/h6-7,10,18-19H,5,8,16H2,1-4H3,(H,17,20). The van der Waals surface area contributed by atoms with Crippen molar-refractivity contribution in [1.29, 1.82) is 0 Å². The van der Waals surface area contributed by atoms with E-state index in [1.54, 1.807) is 32.9 Å². The molecular formula is C15H24N2O5. The van der Waals surface area contributed by atoms with Crippen molar-refractivity contribution >= 4 is 11.8 Å². The molecule has 0 aliphatic rings. The average Bonchev–Trinajstić information content (AvgIpc) is 2.39. The van der Waals surface area contributed by atoms with Gasteiger partial charge in [0, 0.05) is 6.04 Å². The summed E-state index contributed by atoms with van der Waals surface area (Å²) in [6.45, 7) is 5.05. The third-order valence-electron chi connectivity index (χ3n) is 2.72. The fraction of sp³-hybridized carbons (Fsp3) is 0.533. The van der Waals surface area contributed by atoms with Gasteiger partial charge in [-0.25, -0.2) is 4.79 Å². The highest BCUT2D eigenvalue weighted by molar-refractivity contribution is 5.88. The Bertz CT molecular complexity index is 525. The molecule has 5 N–H and O–H groups in total. The summed E-state index contributed by atoms with van der Waals surface area (Å²) < 4.78 is 10.2. The van der Waals surface area contributed by atoms with E-state index in [0.29, 0.717) is 12.0 Å². The Morgan fingerprint density at radius 1 is 1.41 bits per heavy atom. The molecule has 1 rings (SSSR count). The second-order valence-electron chi connectivity index (χ2n) is 5.97. The molecule has 1 aromatic rings. The van der Waals surface area contributed by atoms with E-state index in [2.05, 4.69) is 5.32 Å². The Morgan fingerprint density at radius 3 is 2.55 bits per heavy atom. The number of rotatable bonds is 5. The molecule has 7 heteroatoms. The topological polar surface area (TPSA) is 114 Å². The number of aliphatic hydroxyl groups is 1. The molecule has 0 aliphatic heterocycles. The van der Waals surface area contributed by atoms with E-state index in [9.17, 15) is 9.90 Å². The van der Waals surface area contributed by atoms with Crippen molar-refractivity contribution in [3.05, 3.63) is 17.7 Å². The predicted molar refractivity (Wildman–Crippen MR) is 83.3 cm³/mol. The first-order valence-electron chi connectivity index (χ1n) is 6.92. The predicted octanol–water partition coefficient (Wildman–Crippen LogP) is 1.61. The first kappa shape index (κ1) is 18.1. The molecule has 0 aromatic heterocycles. The van der Waals surface area contributed by atoms with Gasteiger partial charge in [0.05, 0.1) is 19.4 Å². The lowest BCUT2D eigenvalue weighted by Gasteiger charge is -2.20. The summed E-state index contributed by atoms with van der Waals surface area (Å²) in [5.41, 5.74) is 5.92. The number of methoxy groups -OCH3 is 1. The third-order valence-corrected chi connectivity index (χ3v) is 2.72. The monoisotopic (exact) mass is 312 g/mol. The highest BCUT2D eigenvalue weighted by Crippen LogP contribution is 2.36. The SMILES string of the molecule is COc1cc(CC(N)CO)cc(NC(=O)OC(C)(C)C)c1O. The number of anilines is 1. The second-order valence-corrected chi connectivity index (χ2v) is 5.97. The molecule has 0 aliphatic carbocycles. The van der Waals surface area contributed by atoms with Crippen LogP contribution in [0.3, 0.4) is 0 Å². The van der Waals surface area contributed by atoms with E-state index in [0.717, 1.165) is 0 Å². The summed E-state index contributed by atoms with van der Waals surface area (Å²) in [6.07, 6.45) is -0.315. The van der Waals surface area contributed by atoms with Crippen LogP contribution in [0.1, 0.15) is 26.3 Å². The van der Waals surface area contributed by atoms with Gasteiger partial charge >= 0.3 is 6.09 Å². The van der Waals surface area contributed by atoms with Crippen molar-refractivity contribution < 1.29 is 24.5 Å². The Kier molecular flexibility index (Phi) is 6.01. The van der Waals surface area contributed by atoms with Crippen LogP contribution in [0, 0.1) is 0 Å². The highest BCUT2D eigenvalue weighted by atomic mass is 16.6. The van der Waals surface area contributed by atoms with Crippen LogP contribution in [0.15, 0.2) is 12.1 Å². The van der Waals surface area contributed by atoms with Gasteiger partial charge in [0.1, 0.15) is 5.60 Å². The lowest BCUT2D eigenvalue weighted by molar-refractivity contribution is 0.0635. The van der Waals surface area contributed by atoms with Gasteiger partial charge in [-0.05, 0) is 44.9 Å². The zero-order valence-electron chi connectivity index (χ0n) is 13.3. The molecule has 0 spiro atoms. The first-order chi connectivity index (χ1) is 10.2. The molecule has 7 nitrogen and oxygen atoms in total. The molecule has 124 valence electrons. The van der Waals surface area contributed by atoms with Gasteiger partial charge in [-0.3, -0.25) is 5.32 Å². The number of aliphatic hydroxyl groups excluding tert-OH is 1. The van der Waals surface area contributed by atoms with E-state index < -0.39 is 17.7 Å². The van der Waals surface area contributed by atoms with Crippen LogP contribution in [0.25, 0.3) is 0 Å². The minimum absolute atomic E-state index is 0.161. The zero-order chi connectivity index (χ0) is 16.9. The molecule has 0 saturated carbocycles. The van der Waals surface area contributed by atoms with Crippen LogP contribution < -0.4 is 15.8 Å². The van der Waals surface area contributed by atoms with E-state index in [4.69, 9.17) is 20.3 Å². The fourth-order valence-corrected chi connectivity index (χ4v) is 1.81. The molecule has 0 radical (unpaired) electrons. The van der Waals surface area contributed by atoms with Crippen LogP contribution in [-0.4, -0.2) is 41.7 Å². The number of phenolic OH excluding ortho intramolecular Hbond substituents is 1. The largest absolute Gasteiger partial charge is 0.503 e. The third kappa shape index (κ3) is 5.42. The molecule has 1 amide bonds. The normalized spacial score (nSPS) is 12.6.